The molecule has 0 aliphatic rings. The van der Waals surface area contributed by atoms with Gasteiger partial charge in [-0.1, -0.05) is 6.92 Å². The molecule has 94 valence electrons. The number of carboxylic acid groups (broad SMARTS) is 1. The first kappa shape index (κ1) is 12.6. The number of aliphatic carboxylic acids is 1. The van der Waals surface area contributed by atoms with Gasteiger partial charge in [0.15, 0.2) is 0 Å². The number of carboxylic acids is 1. The summed E-state index contributed by atoms with van der Waals surface area (Å²) in [5, 5.41) is 10.8. The number of thiophene rings is 1. The molecule has 2 rings (SSSR count). The Hall–Kier alpha value is -1.81. The third kappa shape index (κ3) is 2.54. The van der Waals surface area contributed by atoms with E-state index >= 15 is 0 Å². The molecule has 0 saturated carbocycles. The summed E-state index contributed by atoms with van der Waals surface area (Å²) in [5.74, 6) is -0.807. The fraction of sp³-hybridized carbons (Fsp3) is 0.214. The van der Waals surface area contributed by atoms with Crippen LogP contribution in [-0.4, -0.2) is 13.1 Å². The number of methoxy groups -OCH3 is 1. The van der Waals surface area contributed by atoms with E-state index in [0.29, 0.717) is 0 Å². The van der Waals surface area contributed by atoms with Crippen molar-refractivity contribution >= 4 is 17.3 Å². The minimum Gasteiger partial charge on any atom is -0.549 e. The van der Waals surface area contributed by atoms with Gasteiger partial charge in [-0.15, -0.1) is 11.3 Å². The predicted octanol–water partition coefficient (Wildman–Crippen LogP) is 2.28. The highest BCUT2D eigenvalue weighted by atomic mass is 32.1. The monoisotopic (exact) mass is 261 g/mol. The van der Waals surface area contributed by atoms with Crippen LogP contribution in [0.15, 0.2) is 36.4 Å². The lowest BCUT2D eigenvalue weighted by Crippen LogP contribution is -2.27. The summed E-state index contributed by atoms with van der Waals surface area (Å²) in [4.78, 5) is 12.7. The predicted molar refractivity (Wildman–Crippen MR) is 69.7 cm³/mol. The molecule has 1 atom stereocenters. The largest absolute Gasteiger partial charge is 0.549 e. The van der Waals surface area contributed by atoms with Crippen LogP contribution >= 0.6 is 11.3 Å². The smallest absolute Gasteiger partial charge is 0.118 e. The van der Waals surface area contributed by atoms with Gasteiger partial charge in [0.1, 0.15) is 5.75 Å². The zero-order chi connectivity index (χ0) is 13.1. The number of benzene rings is 1. The van der Waals surface area contributed by atoms with Crippen molar-refractivity contribution in [2.75, 3.05) is 7.11 Å². The summed E-state index contributed by atoms with van der Waals surface area (Å²) >= 11 is 1.47. The summed E-state index contributed by atoms with van der Waals surface area (Å²) in [6.07, 6.45) is 0. The number of ether oxygens (including phenoxy) is 1. The third-order valence-electron chi connectivity index (χ3n) is 2.78. The molecular formula is C14H13O3S-. The highest BCUT2D eigenvalue weighted by Crippen LogP contribution is 2.32. The standard InChI is InChI=1S/C14H14O3S/c1-9(14(15)16)12-7-8-13(18-12)10-3-5-11(17-2)6-4-10/h3-9H,1-2H3,(H,15,16)/p-1. The molecule has 2 aromatic rings. The summed E-state index contributed by atoms with van der Waals surface area (Å²) in [7, 11) is 1.62. The van der Waals surface area contributed by atoms with Gasteiger partial charge < -0.3 is 14.6 Å². The Bertz CT molecular complexity index is 542. The maximum atomic E-state index is 10.8. The molecule has 1 aromatic heterocycles. The maximum absolute atomic E-state index is 10.8. The Balaban J connectivity index is 2.26. The highest BCUT2D eigenvalue weighted by Gasteiger charge is 2.10. The average Bonchev–Trinajstić information content (AvgIpc) is 2.87. The first-order chi connectivity index (χ1) is 8.61. The average molecular weight is 261 g/mol. The van der Waals surface area contributed by atoms with E-state index in [1.165, 1.54) is 11.3 Å². The number of carbonyl (C=O) groups is 1. The van der Waals surface area contributed by atoms with E-state index < -0.39 is 11.9 Å². The van der Waals surface area contributed by atoms with Crippen molar-refractivity contribution in [3.05, 3.63) is 41.3 Å². The lowest BCUT2D eigenvalue weighted by molar-refractivity contribution is -0.307. The van der Waals surface area contributed by atoms with E-state index in [4.69, 9.17) is 4.74 Å². The first-order valence-corrected chi connectivity index (χ1v) is 6.38. The molecule has 0 bridgehead atoms. The van der Waals surface area contributed by atoms with Crippen molar-refractivity contribution in [2.45, 2.75) is 12.8 Å². The highest BCUT2D eigenvalue weighted by molar-refractivity contribution is 7.15. The van der Waals surface area contributed by atoms with Crippen molar-refractivity contribution in [3.63, 3.8) is 0 Å². The Morgan fingerprint density at radius 1 is 1.22 bits per heavy atom. The van der Waals surface area contributed by atoms with Crippen LogP contribution in [0.5, 0.6) is 5.75 Å². The van der Waals surface area contributed by atoms with E-state index in [2.05, 4.69) is 0 Å². The summed E-state index contributed by atoms with van der Waals surface area (Å²) in [6, 6.07) is 11.5. The van der Waals surface area contributed by atoms with E-state index in [0.717, 1.165) is 21.1 Å². The van der Waals surface area contributed by atoms with Crippen LogP contribution in [-0.2, 0) is 4.79 Å². The lowest BCUT2D eigenvalue weighted by Gasteiger charge is -2.09. The molecule has 0 aliphatic carbocycles. The molecule has 1 heterocycles. The minimum atomic E-state index is -1.04. The van der Waals surface area contributed by atoms with Crippen LogP contribution in [0.3, 0.4) is 0 Å². The van der Waals surface area contributed by atoms with Crippen LogP contribution in [0.2, 0.25) is 0 Å². The van der Waals surface area contributed by atoms with E-state index in [1.54, 1.807) is 14.0 Å². The van der Waals surface area contributed by atoms with Crippen LogP contribution in [0.4, 0.5) is 0 Å². The zero-order valence-electron chi connectivity index (χ0n) is 10.2. The molecule has 18 heavy (non-hydrogen) atoms. The van der Waals surface area contributed by atoms with Crippen molar-refractivity contribution in [1.82, 2.24) is 0 Å². The van der Waals surface area contributed by atoms with Gasteiger partial charge in [-0.2, -0.15) is 0 Å². The van der Waals surface area contributed by atoms with E-state index in [1.807, 2.05) is 36.4 Å². The van der Waals surface area contributed by atoms with Gasteiger partial charge in [-0.25, -0.2) is 0 Å². The number of rotatable bonds is 4. The second-order valence-electron chi connectivity index (χ2n) is 3.97. The number of hydrogen-bond acceptors (Lipinski definition) is 4. The Kier molecular flexibility index (Phi) is 3.67. The van der Waals surface area contributed by atoms with Gasteiger partial charge in [0.2, 0.25) is 0 Å². The van der Waals surface area contributed by atoms with Crippen LogP contribution in [0.1, 0.15) is 17.7 Å². The van der Waals surface area contributed by atoms with Crippen molar-refractivity contribution in [2.24, 2.45) is 0 Å². The van der Waals surface area contributed by atoms with Gasteiger partial charge in [-0.05, 0) is 42.0 Å². The summed E-state index contributed by atoms with van der Waals surface area (Å²) in [6.45, 7) is 1.64. The van der Waals surface area contributed by atoms with Gasteiger partial charge in [0.25, 0.3) is 0 Å². The zero-order valence-corrected chi connectivity index (χ0v) is 11.0. The maximum Gasteiger partial charge on any atom is 0.118 e. The molecule has 0 N–H and O–H groups in total. The van der Waals surface area contributed by atoms with E-state index in [-0.39, 0.29) is 0 Å². The van der Waals surface area contributed by atoms with Crippen molar-refractivity contribution in [3.8, 4) is 16.2 Å². The molecule has 1 aromatic carbocycles. The molecule has 0 saturated heterocycles. The van der Waals surface area contributed by atoms with Crippen molar-refractivity contribution in [1.29, 1.82) is 0 Å². The van der Waals surface area contributed by atoms with Crippen LogP contribution in [0.25, 0.3) is 10.4 Å². The molecule has 1 unspecified atom stereocenters. The van der Waals surface area contributed by atoms with Gasteiger partial charge >= 0.3 is 0 Å². The lowest BCUT2D eigenvalue weighted by atomic mass is 10.1. The van der Waals surface area contributed by atoms with Gasteiger partial charge in [-0.3, -0.25) is 0 Å². The topological polar surface area (TPSA) is 49.4 Å². The summed E-state index contributed by atoms with van der Waals surface area (Å²) in [5.41, 5.74) is 1.05. The van der Waals surface area contributed by atoms with Crippen LogP contribution in [0, 0.1) is 0 Å². The minimum absolute atomic E-state index is 0.568. The Labute approximate surface area is 110 Å². The SMILES string of the molecule is COc1ccc(-c2ccc(C(C)C(=O)[O-])s2)cc1. The molecule has 0 amide bonds. The van der Waals surface area contributed by atoms with Gasteiger partial charge in [0, 0.05) is 21.6 Å². The van der Waals surface area contributed by atoms with Gasteiger partial charge in [0.05, 0.1) is 7.11 Å². The molecular weight excluding hydrogens is 248 g/mol. The summed E-state index contributed by atoms with van der Waals surface area (Å²) < 4.78 is 5.10. The number of carbonyl (C=O) groups excluding carboxylic acids is 1. The fourth-order valence-corrected chi connectivity index (χ4v) is 2.67. The Morgan fingerprint density at radius 2 is 1.89 bits per heavy atom. The van der Waals surface area contributed by atoms with E-state index in [9.17, 15) is 9.90 Å². The second kappa shape index (κ2) is 5.23. The number of hydrogen-bond donors (Lipinski definition) is 0. The third-order valence-corrected chi connectivity index (χ3v) is 4.10. The molecule has 4 heteroatoms. The fourth-order valence-electron chi connectivity index (χ4n) is 1.61. The normalized spacial score (nSPS) is 12.1. The Morgan fingerprint density at radius 3 is 2.44 bits per heavy atom. The van der Waals surface area contributed by atoms with Crippen molar-refractivity contribution < 1.29 is 14.6 Å². The van der Waals surface area contributed by atoms with Crippen LogP contribution < -0.4 is 9.84 Å². The molecule has 0 aliphatic heterocycles. The quantitative estimate of drug-likeness (QED) is 0.848. The first-order valence-electron chi connectivity index (χ1n) is 5.57. The molecule has 0 spiro atoms. The molecule has 3 nitrogen and oxygen atoms in total. The molecule has 0 fully saturated rings. The second-order valence-corrected chi connectivity index (χ2v) is 5.09. The molecule has 0 radical (unpaired) electrons.